The summed E-state index contributed by atoms with van der Waals surface area (Å²) in [6, 6.07) is 0.701. The molecule has 0 aromatic carbocycles. The van der Waals surface area contributed by atoms with Crippen molar-refractivity contribution in [3.8, 4) is 0 Å². The molecule has 0 radical (unpaired) electrons. The third-order valence-corrected chi connectivity index (χ3v) is 3.24. The van der Waals surface area contributed by atoms with Crippen molar-refractivity contribution in [2.75, 3.05) is 26.7 Å². The van der Waals surface area contributed by atoms with Crippen molar-refractivity contribution in [3.63, 3.8) is 0 Å². The minimum absolute atomic E-state index is 0.701. The van der Waals surface area contributed by atoms with Gasteiger partial charge in [0.2, 0.25) is 0 Å². The maximum atomic E-state index is 3.20. The molecule has 1 aliphatic rings. The van der Waals surface area contributed by atoms with Crippen LogP contribution in [-0.4, -0.2) is 37.6 Å². The predicted octanol–water partition coefficient (Wildman–Crippen LogP) is 2.42. The van der Waals surface area contributed by atoms with E-state index in [1.807, 2.05) is 7.05 Å². The molecule has 0 aromatic heterocycles. The van der Waals surface area contributed by atoms with Crippen LogP contribution in [0.5, 0.6) is 0 Å². The predicted molar refractivity (Wildman–Crippen MR) is 67.2 cm³/mol. The van der Waals surface area contributed by atoms with E-state index in [-0.39, 0.29) is 0 Å². The Hall–Kier alpha value is -0.340. The van der Waals surface area contributed by atoms with Gasteiger partial charge in [-0.1, -0.05) is 11.6 Å². The summed E-state index contributed by atoms with van der Waals surface area (Å²) in [7, 11) is 2.03. The van der Waals surface area contributed by atoms with Gasteiger partial charge in [0.15, 0.2) is 0 Å². The summed E-state index contributed by atoms with van der Waals surface area (Å²) in [5.74, 6) is 0. The van der Waals surface area contributed by atoms with E-state index in [1.54, 1.807) is 5.57 Å². The molecule has 0 saturated heterocycles. The summed E-state index contributed by atoms with van der Waals surface area (Å²) in [4.78, 5) is 2.54. The molecule has 15 heavy (non-hydrogen) atoms. The van der Waals surface area contributed by atoms with Crippen LogP contribution >= 0.6 is 0 Å². The Balaban J connectivity index is 2.16. The van der Waals surface area contributed by atoms with E-state index in [4.69, 9.17) is 0 Å². The molecule has 2 nitrogen and oxygen atoms in total. The van der Waals surface area contributed by atoms with E-state index in [0.717, 1.165) is 6.54 Å². The first-order chi connectivity index (χ1) is 7.24. The second-order valence-electron chi connectivity index (χ2n) is 4.76. The lowest BCUT2D eigenvalue weighted by Crippen LogP contribution is -2.34. The Bertz CT molecular complexity index is 197. The van der Waals surface area contributed by atoms with Gasteiger partial charge in [0.05, 0.1) is 0 Å². The first-order valence-electron chi connectivity index (χ1n) is 6.30. The molecule has 1 heterocycles. The highest BCUT2D eigenvalue weighted by Crippen LogP contribution is 2.17. The van der Waals surface area contributed by atoms with Crippen LogP contribution in [0.4, 0.5) is 0 Å². The van der Waals surface area contributed by atoms with Crippen LogP contribution in [0.25, 0.3) is 0 Å². The van der Waals surface area contributed by atoms with Gasteiger partial charge in [-0.25, -0.2) is 0 Å². The Morgan fingerprint density at radius 1 is 1.40 bits per heavy atom. The zero-order chi connectivity index (χ0) is 11.1. The second kappa shape index (κ2) is 7.02. The first-order valence-corrected chi connectivity index (χ1v) is 6.30. The lowest BCUT2D eigenvalue weighted by molar-refractivity contribution is 0.237. The van der Waals surface area contributed by atoms with Crippen molar-refractivity contribution < 1.29 is 0 Å². The summed E-state index contributed by atoms with van der Waals surface area (Å²) in [5, 5.41) is 3.20. The Labute approximate surface area is 94.7 Å². The fourth-order valence-corrected chi connectivity index (χ4v) is 2.08. The van der Waals surface area contributed by atoms with E-state index in [9.17, 15) is 0 Å². The monoisotopic (exact) mass is 210 g/mol. The smallest absolute Gasteiger partial charge is 0.0168 e. The first kappa shape index (κ1) is 12.7. The van der Waals surface area contributed by atoms with Crippen molar-refractivity contribution in [3.05, 3.63) is 11.6 Å². The van der Waals surface area contributed by atoms with Crippen molar-refractivity contribution in [1.29, 1.82) is 0 Å². The molecule has 1 rings (SSSR count). The fourth-order valence-electron chi connectivity index (χ4n) is 2.08. The van der Waals surface area contributed by atoms with Gasteiger partial charge >= 0.3 is 0 Å². The summed E-state index contributed by atoms with van der Waals surface area (Å²) in [6.07, 6.45) is 7.70. The highest BCUT2D eigenvalue weighted by Gasteiger charge is 2.13. The van der Waals surface area contributed by atoms with Crippen molar-refractivity contribution in [2.24, 2.45) is 0 Å². The standard InChI is InChI=1S/C13H26N2/c1-12(2)15-10-7-13(8-11-15)6-4-5-9-14-3/h7,12,14H,4-6,8-11H2,1-3H3. The van der Waals surface area contributed by atoms with Crippen LogP contribution < -0.4 is 5.32 Å². The Morgan fingerprint density at radius 2 is 2.20 bits per heavy atom. The quantitative estimate of drug-likeness (QED) is 0.535. The minimum Gasteiger partial charge on any atom is -0.320 e. The average Bonchev–Trinajstić information content (AvgIpc) is 2.25. The summed E-state index contributed by atoms with van der Waals surface area (Å²) < 4.78 is 0. The van der Waals surface area contributed by atoms with Crippen LogP contribution in [0.2, 0.25) is 0 Å². The number of unbranched alkanes of at least 4 members (excludes halogenated alkanes) is 1. The molecular weight excluding hydrogens is 184 g/mol. The largest absolute Gasteiger partial charge is 0.320 e. The molecule has 88 valence electrons. The van der Waals surface area contributed by atoms with Crippen LogP contribution in [0, 0.1) is 0 Å². The normalized spacial score (nSPS) is 18.3. The number of nitrogens with zero attached hydrogens (tertiary/aromatic N) is 1. The number of hydrogen-bond acceptors (Lipinski definition) is 2. The molecule has 0 saturated carbocycles. The third kappa shape index (κ3) is 4.80. The van der Waals surface area contributed by atoms with Crippen LogP contribution in [-0.2, 0) is 0 Å². The Morgan fingerprint density at radius 3 is 2.73 bits per heavy atom. The van der Waals surface area contributed by atoms with Crippen molar-refractivity contribution in [1.82, 2.24) is 10.2 Å². The molecule has 0 amide bonds. The number of rotatable bonds is 6. The zero-order valence-corrected chi connectivity index (χ0v) is 10.6. The lowest BCUT2D eigenvalue weighted by atomic mass is 10.0. The van der Waals surface area contributed by atoms with E-state index in [1.165, 1.54) is 38.8 Å². The van der Waals surface area contributed by atoms with Gasteiger partial charge in [-0.2, -0.15) is 0 Å². The maximum Gasteiger partial charge on any atom is 0.0168 e. The molecule has 0 spiro atoms. The van der Waals surface area contributed by atoms with Gasteiger partial charge in [0, 0.05) is 19.1 Å². The van der Waals surface area contributed by atoms with E-state index in [2.05, 4.69) is 30.1 Å². The number of hydrogen-bond donors (Lipinski definition) is 1. The molecule has 0 atom stereocenters. The molecule has 1 aliphatic heterocycles. The third-order valence-electron chi connectivity index (χ3n) is 3.24. The van der Waals surface area contributed by atoms with E-state index < -0.39 is 0 Å². The maximum absolute atomic E-state index is 3.20. The van der Waals surface area contributed by atoms with E-state index in [0.29, 0.717) is 6.04 Å². The van der Waals surface area contributed by atoms with Gasteiger partial charge in [0.1, 0.15) is 0 Å². The highest BCUT2D eigenvalue weighted by molar-refractivity contribution is 5.07. The molecule has 0 fully saturated rings. The minimum atomic E-state index is 0.701. The average molecular weight is 210 g/mol. The summed E-state index contributed by atoms with van der Waals surface area (Å²) >= 11 is 0. The van der Waals surface area contributed by atoms with E-state index >= 15 is 0 Å². The molecule has 0 aromatic rings. The number of nitrogens with one attached hydrogen (secondary N) is 1. The van der Waals surface area contributed by atoms with Crippen molar-refractivity contribution in [2.45, 2.75) is 45.6 Å². The highest BCUT2D eigenvalue weighted by atomic mass is 15.1. The van der Waals surface area contributed by atoms with Gasteiger partial charge in [-0.3, -0.25) is 4.90 Å². The summed E-state index contributed by atoms with van der Waals surface area (Å²) in [5.41, 5.74) is 1.68. The summed E-state index contributed by atoms with van der Waals surface area (Å²) in [6.45, 7) is 8.15. The zero-order valence-electron chi connectivity index (χ0n) is 10.6. The topological polar surface area (TPSA) is 15.3 Å². The molecule has 2 heteroatoms. The molecule has 0 unspecified atom stereocenters. The van der Waals surface area contributed by atoms with Crippen molar-refractivity contribution >= 4 is 0 Å². The second-order valence-corrected chi connectivity index (χ2v) is 4.76. The van der Waals surface area contributed by atoms with Gasteiger partial charge < -0.3 is 5.32 Å². The van der Waals surface area contributed by atoms with Gasteiger partial charge in [-0.05, 0) is 53.1 Å². The molecule has 0 aliphatic carbocycles. The van der Waals surface area contributed by atoms with Crippen LogP contribution in [0.1, 0.15) is 39.5 Å². The van der Waals surface area contributed by atoms with Gasteiger partial charge in [-0.15, -0.1) is 0 Å². The molecule has 0 bridgehead atoms. The van der Waals surface area contributed by atoms with Crippen LogP contribution in [0.3, 0.4) is 0 Å². The fraction of sp³-hybridized carbons (Fsp3) is 0.846. The lowest BCUT2D eigenvalue weighted by Gasteiger charge is -2.29. The molecule has 1 N–H and O–H groups in total. The molecular formula is C13H26N2. The Kier molecular flexibility index (Phi) is 5.96. The SMILES string of the molecule is CNCCCCC1=CCN(C(C)C)CC1. The van der Waals surface area contributed by atoms with Crippen LogP contribution in [0.15, 0.2) is 11.6 Å². The van der Waals surface area contributed by atoms with Gasteiger partial charge in [0.25, 0.3) is 0 Å².